The first kappa shape index (κ1) is 22.3. The van der Waals surface area contributed by atoms with Gasteiger partial charge in [-0.25, -0.2) is 0 Å². The molecule has 8 nitrogen and oxygen atoms in total. The number of rotatable bonds is 6. The van der Waals surface area contributed by atoms with E-state index in [1.807, 2.05) is 30.3 Å². The van der Waals surface area contributed by atoms with Gasteiger partial charge in [0.15, 0.2) is 6.10 Å². The van der Waals surface area contributed by atoms with Crippen molar-refractivity contribution in [3.8, 4) is 0 Å². The van der Waals surface area contributed by atoms with Crippen molar-refractivity contribution >= 4 is 51.2 Å². The molecule has 0 fully saturated rings. The number of nitrogens with zero attached hydrogens (tertiary/aromatic N) is 2. The molecule has 0 saturated heterocycles. The van der Waals surface area contributed by atoms with Gasteiger partial charge in [-0.15, -0.1) is 0 Å². The molecular weight excluding hydrogens is 446 g/mol. The highest BCUT2D eigenvalue weighted by molar-refractivity contribution is 6.22. The van der Waals surface area contributed by atoms with E-state index in [-0.39, 0.29) is 11.1 Å². The third kappa shape index (κ3) is 3.82. The molecule has 3 amide bonds. The van der Waals surface area contributed by atoms with Gasteiger partial charge < -0.3 is 14.6 Å². The third-order valence-corrected chi connectivity index (χ3v) is 6.20. The second kappa shape index (κ2) is 8.72. The van der Waals surface area contributed by atoms with Crippen molar-refractivity contribution in [2.75, 3.05) is 11.9 Å². The van der Waals surface area contributed by atoms with Crippen molar-refractivity contribution in [1.82, 2.24) is 9.47 Å². The molecule has 0 aliphatic carbocycles. The van der Waals surface area contributed by atoms with Gasteiger partial charge in [-0.1, -0.05) is 30.3 Å². The van der Waals surface area contributed by atoms with E-state index >= 15 is 0 Å². The average molecular weight is 469 g/mol. The fourth-order valence-corrected chi connectivity index (χ4v) is 4.52. The number of hydrogen-bond donors (Lipinski definition) is 1. The number of aromatic nitrogens is 1. The SMILES string of the molecule is CCn1c2ccccc2c2cc(NC(=O)C(C)OC(=O)CN3C(=O)c4ccccc4C3=O)ccc21. The molecule has 0 saturated carbocycles. The van der Waals surface area contributed by atoms with Crippen LogP contribution >= 0.6 is 0 Å². The van der Waals surface area contributed by atoms with Crippen LogP contribution in [0, 0.1) is 0 Å². The minimum absolute atomic E-state index is 0.246. The van der Waals surface area contributed by atoms with Crippen LogP contribution in [0.2, 0.25) is 0 Å². The maximum absolute atomic E-state index is 12.7. The first-order valence-corrected chi connectivity index (χ1v) is 11.4. The molecule has 4 aromatic rings. The Morgan fingerprint density at radius 1 is 0.886 bits per heavy atom. The minimum atomic E-state index is -1.12. The molecule has 1 atom stereocenters. The van der Waals surface area contributed by atoms with Crippen LogP contribution in [0.3, 0.4) is 0 Å². The summed E-state index contributed by atoms with van der Waals surface area (Å²) in [6, 6.07) is 20.1. The molecule has 1 aliphatic rings. The number of ether oxygens (including phenoxy) is 1. The standard InChI is InChI=1S/C27H23N3O5/c1-3-29-22-11-7-6-8-18(22)21-14-17(12-13-23(21)29)28-25(32)16(2)35-24(31)15-30-26(33)19-9-4-5-10-20(19)27(30)34/h4-14,16H,3,15H2,1-2H3,(H,28,32). The lowest BCUT2D eigenvalue weighted by Gasteiger charge is -2.17. The molecule has 0 bridgehead atoms. The van der Waals surface area contributed by atoms with Crippen molar-refractivity contribution < 1.29 is 23.9 Å². The van der Waals surface area contributed by atoms with Gasteiger partial charge >= 0.3 is 5.97 Å². The number of anilines is 1. The Balaban J connectivity index is 1.27. The van der Waals surface area contributed by atoms with E-state index in [1.165, 1.54) is 19.1 Å². The minimum Gasteiger partial charge on any atom is -0.451 e. The maximum Gasteiger partial charge on any atom is 0.326 e. The van der Waals surface area contributed by atoms with Crippen molar-refractivity contribution in [2.24, 2.45) is 0 Å². The quantitative estimate of drug-likeness (QED) is 0.340. The van der Waals surface area contributed by atoms with Crippen molar-refractivity contribution in [1.29, 1.82) is 0 Å². The monoisotopic (exact) mass is 469 g/mol. The van der Waals surface area contributed by atoms with E-state index in [0.717, 1.165) is 33.3 Å². The Labute approximate surface area is 201 Å². The normalized spacial score (nSPS) is 13.8. The number of aryl methyl sites for hydroxylation is 1. The number of benzene rings is 3. The van der Waals surface area contributed by atoms with Crippen molar-refractivity contribution in [2.45, 2.75) is 26.5 Å². The predicted octanol–water partition coefficient (Wildman–Crippen LogP) is 3.98. The second-order valence-corrected chi connectivity index (χ2v) is 8.36. The Morgan fingerprint density at radius 2 is 1.51 bits per heavy atom. The zero-order chi connectivity index (χ0) is 24.7. The van der Waals surface area contributed by atoms with Gasteiger partial charge in [0.05, 0.1) is 11.1 Å². The van der Waals surface area contributed by atoms with Gasteiger partial charge in [-0.2, -0.15) is 0 Å². The summed E-state index contributed by atoms with van der Waals surface area (Å²) < 4.78 is 7.43. The summed E-state index contributed by atoms with van der Waals surface area (Å²) in [5.74, 6) is -2.47. The summed E-state index contributed by atoms with van der Waals surface area (Å²) in [5, 5.41) is 4.88. The number of carbonyl (C=O) groups is 4. The summed E-state index contributed by atoms with van der Waals surface area (Å²) in [6.45, 7) is 3.78. The van der Waals surface area contributed by atoms with Crippen molar-refractivity contribution in [3.63, 3.8) is 0 Å². The molecule has 1 aromatic heterocycles. The molecule has 176 valence electrons. The molecule has 1 unspecified atom stereocenters. The highest BCUT2D eigenvalue weighted by Gasteiger charge is 2.37. The van der Waals surface area contributed by atoms with E-state index in [2.05, 4.69) is 22.9 Å². The fraction of sp³-hybridized carbons (Fsp3) is 0.185. The molecule has 0 radical (unpaired) electrons. The largest absolute Gasteiger partial charge is 0.451 e. The zero-order valence-corrected chi connectivity index (χ0v) is 19.3. The molecule has 1 N–H and O–H groups in total. The topological polar surface area (TPSA) is 97.7 Å². The number of carbonyl (C=O) groups excluding carboxylic acids is 4. The number of fused-ring (bicyclic) bond motifs is 4. The number of para-hydroxylation sites is 1. The van der Waals surface area contributed by atoms with Gasteiger partial charge in [0, 0.05) is 34.0 Å². The average Bonchev–Trinajstić information content (AvgIpc) is 3.31. The second-order valence-electron chi connectivity index (χ2n) is 8.36. The summed E-state index contributed by atoms with van der Waals surface area (Å²) in [6.07, 6.45) is -1.12. The molecule has 3 aromatic carbocycles. The van der Waals surface area contributed by atoms with E-state index in [4.69, 9.17) is 4.74 Å². The van der Waals surface area contributed by atoms with Crippen LogP contribution in [0.25, 0.3) is 21.8 Å². The Kier molecular flexibility index (Phi) is 5.56. The lowest BCUT2D eigenvalue weighted by atomic mass is 10.1. The van der Waals surface area contributed by atoms with Crippen LogP contribution < -0.4 is 5.32 Å². The zero-order valence-electron chi connectivity index (χ0n) is 19.3. The number of imide groups is 1. The fourth-order valence-electron chi connectivity index (χ4n) is 4.52. The van der Waals surface area contributed by atoms with Gasteiger partial charge in [-0.05, 0) is 50.2 Å². The lowest BCUT2D eigenvalue weighted by molar-refractivity contribution is -0.153. The number of esters is 1. The van der Waals surface area contributed by atoms with Gasteiger partial charge in [0.25, 0.3) is 17.7 Å². The molecular formula is C27H23N3O5. The molecule has 5 rings (SSSR count). The van der Waals surface area contributed by atoms with Crippen LogP contribution in [0.5, 0.6) is 0 Å². The van der Waals surface area contributed by atoms with Gasteiger partial charge in [0.2, 0.25) is 0 Å². The maximum atomic E-state index is 12.7. The Morgan fingerprint density at radius 3 is 2.20 bits per heavy atom. The van der Waals surface area contributed by atoms with E-state index in [0.29, 0.717) is 5.69 Å². The van der Waals surface area contributed by atoms with Crippen LogP contribution in [0.1, 0.15) is 34.6 Å². The van der Waals surface area contributed by atoms with Gasteiger partial charge in [0.1, 0.15) is 6.54 Å². The summed E-state index contributed by atoms with van der Waals surface area (Å²) in [7, 11) is 0. The lowest BCUT2D eigenvalue weighted by Crippen LogP contribution is -2.38. The van der Waals surface area contributed by atoms with E-state index < -0.39 is 36.3 Å². The third-order valence-electron chi connectivity index (χ3n) is 6.20. The number of hydrogen-bond acceptors (Lipinski definition) is 5. The smallest absolute Gasteiger partial charge is 0.326 e. The van der Waals surface area contributed by atoms with Crippen LogP contribution in [0.15, 0.2) is 66.7 Å². The summed E-state index contributed by atoms with van der Waals surface area (Å²) in [5.41, 5.74) is 3.24. The Bertz CT molecular complexity index is 1490. The van der Waals surface area contributed by atoms with Crippen LogP contribution in [-0.4, -0.2) is 45.8 Å². The first-order chi connectivity index (χ1) is 16.9. The van der Waals surface area contributed by atoms with Crippen LogP contribution in [0.4, 0.5) is 5.69 Å². The number of amides is 3. The number of nitrogens with one attached hydrogen (secondary N) is 1. The van der Waals surface area contributed by atoms with Gasteiger partial charge in [-0.3, -0.25) is 24.1 Å². The Hall–Kier alpha value is -4.46. The van der Waals surface area contributed by atoms with Crippen LogP contribution in [-0.2, 0) is 20.9 Å². The predicted molar refractivity (Wildman–Crippen MR) is 131 cm³/mol. The molecule has 35 heavy (non-hydrogen) atoms. The molecule has 0 spiro atoms. The van der Waals surface area contributed by atoms with E-state index in [1.54, 1.807) is 18.2 Å². The van der Waals surface area contributed by atoms with E-state index in [9.17, 15) is 19.2 Å². The summed E-state index contributed by atoms with van der Waals surface area (Å²) in [4.78, 5) is 50.8. The highest BCUT2D eigenvalue weighted by Crippen LogP contribution is 2.31. The van der Waals surface area contributed by atoms with Crippen molar-refractivity contribution in [3.05, 3.63) is 77.9 Å². The first-order valence-electron chi connectivity index (χ1n) is 11.4. The molecule has 8 heteroatoms. The summed E-state index contributed by atoms with van der Waals surface area (Å²) >= 11 is 0. The molecule has 1 aliphatic heterocycles. The molecule has 2 heterocycles. The highest BCUT2D eigenvalue weighted by atomic mass is 16.5.